The van der Waals surface area contributed by atoms with Gasteiger partial charge in [-0.3, -0.25) is 9.59 Å². The minimum absolute atomic E-state index is 0. The van der Waals surface area contributed by atoms with Crippen LogP contribution in [0.3, 0.4) is 0 Å². The third-order valence-electron chi connectivity index (χ3n) is 5.13. The van der Waals surface area contributed by atoms with Gasteiger partial charge >= 0.3 is 0 Å². The summed E-state index contributed by atoms with van der Waals surface area (Å²) >= 11 is 0. The summed E-state index contributed by atoms with van der Waals surface area (Å²) in [6.07, 6.45) is 0.482. The number of nitrogens with one attached hydrogen (secondary N) is 2. The zero-order valence-electron chi connectivity index (χ0n) is 16.8. The van der Waals surface area contributed by atoms with Gasteiger partial charge in [0.05, 0.1) is 0 Å². The molecule has 2 aromatic rings. The summed E-state index contributed by atoms with van der Waals surface area (Å²) in [5, 5.41) is 6.15. The summed E-state index contributed by atoms with van der Waals surface area (Å²) in [5.41, 5.74) is 2.51. The predicted molar refractivity (Wildman–Crippen MR) is 118 cm³/mol. The first-order valence-electron chi connectivity index (χ1n) is 9.97. The minimum atomic E-state index is -0.694. The van der Waals surface area contributed by atoms with Gasteiger partial charge in [0.2, 0.25) is 11.8 Å². The highest BCUT2D eigenvalue weighted by molar-refractivity contribution is 6.13. The number of amides is 2. The van der Waals surface area contributed by atoms with Crippen molar-refractivity contribution in [2.24, 2.45) is 5.92 Å². The second-order valence-corrected chi connectivity index (χ2v) is 7.13. The molecule has 2 aromatic carbocycles. The summed E-state index contributed by atoms with van der Waals surface area (Å²) in [6, 6.07) is 13.1. The first kappa shape index (κ1) is 21.9. The molecule has 1 atom stereocenters. The summed E-state index contributed by atoms with van der Waals surface area (Å²) in [7, 11) is 0. The predicted octanol–water partition coefficient (Wildman–Crippen LogP) is 2.98. The van der Waals surface area contributed by atoms with E-state index in [1.165, 1.54) is 0 Å². The van der Waals surface area contributed by atoms with Gasteiger partial charge in [-0.25, -0.2) is 0 Å². The molecule has 0 aliphatic carbocycles. The Morgan fingerprint density at radius 2 is 1.93 bits per heavy atom. The summed E-state index contributed by atoms with van der Waals surface area (Å²) in [5.74, 6) is 0.157. The third kappa shape index (κ3) is 4.68. The van der Waals surface area contributed by atoms with Crippen molar-refractivity contribution < 1.29 is 19.1 Å². The number of fused-ring (bicyclic) bond motifs is 1. The molecule has 0 spiro atoms. The number of anilines is 2. The molecule has 1 fully saturated rings. The minimum Gasteiger partial charge on any atom is -0.486 e. The van der Waals surface area contributed by atoms with Crippen LogP contribution in [-0.2, 0) is 16.1 Å². The number of carbonyl (C=O) groups is 2. The number of nitrogens with zero attached hydrogens (tertiary/aromatic N) is 1. The van der Waals surface area contributed by atoms with Crippen LogP contribution in [-0.4, -0.2) is 38.1 Å². The molecular formula is C22H26ClN3O4. The summed E-state index contributed by atoms with van der Waals surface area (Å²) < 4.78 is 11.1. The molecule has 4 rings (SSSR count). The second kappa shape index (κ2) is 9.82. The fourth-order valence-corrected chi connectivity index (χ4v) is 3.64. The van der Waals surface area contributed by atoms with Gasteiger partial charge in [0, 0.05) is 30.5 Å². The van der Waals surface area contributed by atoms with Crippen molar-refractivity contribution in [3.63, 3.8) is 0 Å². The molecule has 2 aliphatic rings. The zero-order valence-corrected chi connectivity index (χ0v) is 17.7. The number of rotatable bonds is 6. The van der Waals surface area contributed by atoms with Gasteiger partial charge in [0.1, 0.15) is 19.1 Å². The Bertz CT molecular complexity index is 921. The smallest absolute Gasteiger partial charge is 0.239 e. The Morgan fingerprint density at radius 3 is 2.73 bits per heavy atom. The lowest BCUT2D eigenvalue weighted by molar-refractivity contribution is -0.129. The maximum Gasteiger partial charge on any atom is 0.239 e. The van der Waals surface area contributed by atoms with Crippen LogP contribution < -0.4 is 25.0 Å². The van der Waals surface area contributed by atoms with E-state index >= 15 is 0 Å². The average Bonchev–Trinajstić information content (AvgIpc) is 3.13. The van der Waals surface area contributed by atoms with Crippen LogP contribution in [0.5, 0.6) is 11.5 Å². The molecular weight excluding hydrogens is 406 g/mol. The monoisotopic (exact) mass is 431 g/mol. The number of hydrogen-bond donors (Lipinski definition) is 2. The first-order chi connectivity index (χ1) is 14.2. The quantitative estimate of drug-likeness (QED) is 0.687. The van der Waals surface area contributed by atoms with Gasteiger partial charge < -0.3 is 25.0 Å². The average molecular weight is 432 g/mol. The number of benzene rings is 2. The molecule has 0 bridgehead atoms. The number of halogens is 1. The van der Waals surface area contributed by atoms with Crippen LogP contribution in [0.25, 0.3) is 0 Å². The lowest BCUT2D eigenvalue weighted by Crippen LogP contribution is -2.33. The maximum absolute atomic E-state index is 12.9. The van der Waals surface area contributed by atoms with Gasteiger partial charge in [-0.2, -0.15) is 0 Å². The highest BCUT2D eigenvalue weighted by Gasteiger charge is 2.38. The highest BCUT2D eigenvalue weighted by atomic mass is 35.5. The topological polar surface area (TPSA) is 79.9 Å². The van der Waals surface area contributed by atoms with Crippen molar-refractivity contribution in [1.82, 2.24) is 5.32 Å². The SMILES string of the molecule is CCNCc1cccc(NC(=O)C2CCN(c3ccc4c(c3)OCCO4)C2=O)c1.Cl. The fourth-order valence-electron chi connectivity index (χ4n) is 3.64. The summed E-state index contributed by atoms with van der Waals surface area (Å²) in [6.45, 7) is 5.17. The highest BCUT2D eigenvalue weighted by Crippen LogP contribution is 2.36. The number of hydrogen-bond acceptors (Lipinski definition) is 5. The van der Waals surface area contributed by atoms with Crippen LogP contribution in [0.15, 0.2) is 42.5 Å². The molecule has 2 aliphatic heterocycles. The largest absolute Gasteiger partial charge is 0.486 e. The standard InChI is InChI=1S/C22H25N3O4.ClH/c1-2-23-14-15-4-3-5-16(12-15)24-21(26)18-8-9-25(22(18)27)17-6-7-19-20(13-17)29-11-10-28-19;/h3-7,12-13,18,23H,2,8-11,14H2,1H3,(H,24,26);1H. The Balaban J connectivity index is 0.00000256. The lowest BCUT2D eigenvalue weighted by Gasteiger charge is -2.22. The zero-order chi connectivity index (χ0) is 20.2. The molecule has 1 unspecified atom stereocenters. The Hall–Kier alpha value is -2.77. The number of ether oxygens (including phenoxy) is 2. The molecule has 7 nitrogen and oxygen atoms in total. The van der Waals surface area contributed by atoms with E-state index in [-0.39, 0.29) is 24.2 Å². The van der Waals surface area contributed by atoms with E-state index in [9.17, 15) is 9.59 Å². The molecule has 0 saturated carbocycles. The van der Waals surface area contributed by atoms with Crippen molar-refractivity contribution in [2.45, 2.75) is 19.9 Å². The van der Waals surface area contributed by atoms with Crippen LogP contribution in [0.2, 0.25) is 0 Å². The number of carbonyl (C=O) groups excluding carboxylic acids is 2. The van der Waals surface area contributed by atoms with Crippen LogP contribution >= 0.6 is 12.4 Å². The molecule has 2 heterocycles. The van der Waals surface area contributed by atoms with Gasteiger partial charge in [0.15, 0.2) is 11.5 Å². The van der Waals surface area contributed by atoms with Crippen LogP contribution in [0, 0.1) is 5.92 Å². The van der Waals surface area contributed by atoms with Crippen LogP contribution in [0.4, 0.5) is 11.4 Å². The molecule has 0 aromatic heterocycles. The van der Waals surface area contributed by atoms with Crippen LogP contribution in [0.1, 0.15) is 18.9 Å². The molecule has 2 amide bonds. The molecule has 0 radical (unpaired) electrons. The molecule has 30 heavy (non-hydrogen) atoms. The van der Waals surface area contributed by atoms with Crippen molar-refractivity contribution >= 4 is 35.6 Å². The molecule has 1 saturated heterocycles. The molecule has 8 heteroatoms. The van der Waals surface area contributed by atoms with Gasteiger partial charge in [-0.15, -0.1) is 12.4 Å². The van der Waals surface area contributed by atoms with Gasteiger partial charge in [-0.05, 0) is 42.8 Å². The van der Waals surface area contributed by atoms with E-state index in [2.05, 4.69) is 10.6 Å². The first-order valence-corrected chi connectivity index (χ1v) is 9.97. The van der Waals surface area contributed by atoms with E-state index in [0.717, 1.165) is 24.3 Å². The van der Waals surface area contributed by atoms with Crippen molar-refractivity contribution in [3.8, 4) is 11.5 Å². The fraction of sp³-hybridized carbons (Fsp3) is 0.364. The van der Waals surface area contributed by atoms with E-state index in [1.54, 1.807) is 17.0 Å². The normalized spacial score (nSPS) is 17.4. The second-order valence-electron chi connectivity index (χ2n) is 7.13. The Labute approximate surface area is 182 Å². The summed E-state index contributed by atoms with van der Waals surface area (Å²) in [4.78, 5) is 27.3. The maximum atomic E-state index is 12.9. The van der Waals surface area contributed by atoms with E-state index in [0.29, 0.717) is 43.4 Å². The van der Waals surface area contributed by atoms with Crippen molar-refractivity contribution in [3.05, 3.63) is 48.0 Å². The van der Waals surface area contributed by atoms with Crippen molar-refractivity contribution in [2.75, 3.05) is 36.5 Å². The lowest BCUT2D eigenvalue weighted by atomic mass is 10.1. The van der Waals surface area contributed by atoms with E-state index in [1.807, 2.05) is 37.3 Å². The molecule has 2 N–H and O–H groups in total. The molecule has 160 valence electrons. The van der Waals surface area contributed by atoms with Gasteiger partial charge in [0.25, 0.3) is 0 Å². The Kier molecular flexibility index (Phi) is 7.18. The third-order valence-corrected chi connectivity index (χ3v) is 5.13. The van der Waals surface area contributed by atoms with Gasteiger partial charge in [-0.1, -0.05) is 19.1 Å². The van der Waals surface area contributed by atoms with E-state index in [4.69, 9.17) is 9.47 Å². The Morgan fingerprint density at radius 1 is 1.13 bits per heavy atom. The van der Waals surface area contributed by atoms with Crippen molar-refractivity contribution in [1.29, 1.82) is 0 Å². The van der Waals surface area contributed by atoms with E-state index < -0.39 is 5.92 Å².